The van der Waals surface area contributed by atoms with Gasteiger partial charge in [-0.3, -0.25) is 9.59 Å². The van der Waals surface area contributed by atoms with Gasteiger partial charge in [0, 0.05) is 19.0 Å². The molecule has 0 aliphatic carbocycles. The van der Waals surface area contributed by atoms with Crippen molar-refractivity contribution in [2.75, 3.05) is 26.3 Å². The number of fused-ring (bicyclic) bond motifs is 1. The van der Waals surface area contributed by atoms with Crippen LogP contribution < -0.4 is 0 Å². The maximum atomic E-state index is 13.0. The molecule has 2 aliphatic rings. The van der Waals surface area contributed by atoms with Crippen molar-refractivity contribution in [1.82, 2.24) is 4.90 Å². The quantitative estimate of drug-likeness (QED) is 0.909. The Balaban J connectivity index is 1.77. The number of ether oxygens (including phenoxy) is 1. The summed E-state index contributed by atoms with van der Waals surface area (Å²) in [4.78, 5) is 25.3. The molecular formula is C16H16F3NO4. The van der Waals surface area contributed by atoms with Crippen LogP contribution in [0.3, 0.4) is 0 Å². The second kappa shape index (κ2) is 5.77. The highest BCUT2D eigenvalue weighted by Crippen LogP contribution is 2.42. The predicted octanol–water partition coefficient (Wildman–Crippen LogP) is 1.81. The van der Waals surface area contributed by atoms with E-state index in [1.165, 1.54) is 23.1 Å². The number of halogens is 3. The summed E-state index contributed by atoms with van der Waals surface area (Å²) in [6.45, 7) is 0.435. The lowest BCUT2D eigenvalue weighted by molar-refractivity contribution is -0.149. The number of rotatable bonds is 3. The number of hydrogen-bond acceptors (Lipinski definition) is 3. The summed E-state index contributed by atoms with van der Waals surface area (Å²) >= 11 is 0. The minimum Gasteiger partial charge on any atom is -0.481 e. The molecular weight excluding hydrogens is 327 g/mol. The second-order valence-corrected chi connectivity index (χ2v) is 6.28. The Morgan fingerprint density at radius 2 is 2.04 bits per heavy atom. The van der Waals surface area contributed by atoms with Gasteiger partial charge in [0.1, 0.15) is 5.41 Å². The number of nitrogens with zero attached hydrogens (tertiary/aromatic N) is 1. The summed E-state index contributed by atoms with van der Waals surface area (Å²) in [7, 11) is 0. The van der Waals surface area contributed by atoms with Crippen molar-refractivity contribution in [2.45, 2.75) is 12.6 Å². The zero-order valence-corrected chi connectivity index (χ0v) is 12.7. The summed E-state index contributed by atoms with van der Waals surface area (Å²) in [6, 6.07) is 4.93. The summed E-state index contributed by atoms with van der Waals surface area (Å²) in [5, 5.41) is 9.45. The molecule has 0 bridgehead atoms. The number of hydrogen-bond donors (Lipinski definition) is 1. The first-order chi connectivity index (χ1) is 11.2. The molecule has 1 aromatic carbocycles. The lowest BCUT2D eigenvalue weighted by atomic mass is 9.81. The van der Waals surface area contributed by atoms with Crippen LogP contribution in [0.25, 0.3) is 0 Å². The van der Waals surface area contributed by atoms with Crippen molar-refractivity contribution < 1.29 is 32.6 Å². The van der Waals surface area contributed by atoms with Crippen molar-refractivity contribution in [1.29, 1.82) is 0 Å². The van der Waals surface area contributed by atoms with E-state index in [1.54, 1.807) is 0 Å². The minimum atomic E-state index is -4.53. The third kappa shape index (κ3) is 2.75. The van der Waals surface area contributed by atoms with E-state index in [1.807, 2.05) is 0 Å². The van der Waals surface area contributed by atoms with E-state index in [2.05, 4.69) is 0 Å². The van der Waals surface area contributed by atoms with E-state index in [4.69, 9.17) is 4.74 Å². The van der Waals surface area contributed by atoms with Crippen LogP contribution in [0.2, 0.25) is 0 Å². The predicted molar refractivity (Wildman–Crippen MR) is 76.1 cm³/mol. The molecule has 2 saturated heterocycles. The van der Waals surface area contributed by atoms with E-state index in [0.717, 1.165) is 6.07 Å². The SMILES string of the molecule is O=C(Cc1ccccc1C(F)(F)F)N1C[C@@H]2COC[C@]2(C(=O)O)C1. The third-order valence-corrected chi connectivity index (χ3v) is 4.82. The normalized spacial score (nSPS) is 26.5. The number of amides is 1. The van der Waals surface area contributed by atoms with E-state index in [9.17, 15) is 27.9 Å². The molecule has 2 atom stereocenters. The Hall–Kier alpha value is -2.09. The van der Waals surface area contributed by atoms with Crippen molar-refractivity contribution in [3.63, 3.8) is 0 Å². The van der Waals surface area contributed by atoms with Crippen LogP contribution in [-0.4, -0.2) is 48.2 Å². The Labute approximate surface area is 136 Å². The topological polar surface area (TPSA) is 66.8 Å². The summed E-state index contributed by atoms with van der Waals surface area (Å²) in [6.07, 6.45) is -4.94. The molecule has 8 heteroatoms. The standard InChI is InChI=1S/C16H16F3NO4/c17-16(18,19)12-4-2-1-3-10(12)5-13(21)20-6-11-7-24-9-15(11,8-20)14(22)23/h1-4,11H,5-9H2,(H,22,23)/t11-,15-/m1/s1. The molecule has 0 radical (unpaired) electrons. The van der Waals surface area contributed by atoms with Crippen molar-refractivity contribution in [2.24, 2.45) is 11.3 Å². The fraction of sp³-hybridized carbons (Fsp3) is 0.500. The molecule has 3 rings (SSSR count). The maximum absolute atomic E-state index is 13.0. The summed E-state index contributed by atoms with van der Waals surface area (Å²) < 4.78 is 44.3. The van der Waals surface area contributed by atoms with E-state index < -0.39 is 35.5 Å². The molecule has 0 aromatic heterocycles. The lowest BCUT2D eigenvalue weighted by Crippen LogP contribution is -2.40. The van der Waals surface area contributed by atoms with Gasteiger partial charge in [-0.2, -0.15) is 13.2 Å². The van der Waals surface area contributed by atoms with Crippen LogP contribution >= 0.6 is 0 Å². The first-order valence-corrected chi connectivity index (χ1v) is 7.48. The van der Waals surface area contributed by atoms with Gasteiger partial charge >= 0.3 is 12.1 Å². The summed E-state index contributed by atoms with van der Waals surface area (Å²) in [5.41, 5.74) is -2.08. The number of carbonyl (C=O) groups is 2. The molecule has 130 valence electrons. The smallest absolute Gasteiger partial charge is 0.416 e. The molecule has 2 heterocycles. The van der Waals surface area contributed by atoms with Crippen LogP contribution in [0.1, 0.15) is 11.1 Å². The van der Waals surface area contributed by atoms with Gasteiger partial charge in [-0.25, -0.2) is 0 Å². The van der Waals surface area contributed by atoms with Crippen LogP contribution in [0, 0.1) is 11.3 Å². The van der Waals surface area contributed by atoms with Gasteiger partial charge in [0.2, 0.25) is 5.91 Å². The summed E-state index contributed by atoms with van der Waals surface area (Å²) in [5.74, 6) is -1.85. The number of benzene rings is 1. The third-order valence-electron chi connectivity index (χ3n) is 4.82. The first kappa shape index (κ1) is 16.8. The van der Waals surface area contributed by atoms with Crippen LogP contribution in [-0.2, 0) is 26.9 Å². The van der Waals surface area contributed by atoms with Crippen LogP contribution in [0.5, 0.6) is 0 Å². The molecule has 1 amide bonds. The number of aliphatic carboxylic acids is 1. The van der Waals surface area contributed by atoms with E-state index in [0.29, 0.717) is 0 Å². The molecule has 2 fully saturated rings. The van der Waals surface area contributed by atoms with Gasteiger partial charge < -0.3 is 14.7 Å². The van der Waals surface area contributed by atoms with Crippen LogP contribution in [0.4, 0.5) is 13.2 Å². The van der Waals surface area contributed by atoms with Gasteiger partial charge in [0.25, 0.3) is 0 Å². The fourth-order valence-electron chi connectivity index (χ4n) is 3.45. The molecule has 0 spiro atoms. The average Bonchev–Trinajstić information content (AvgIpc) is 3.04. The average molecular weight is 343 g/mol. The van der Waals surface area contributed by atoms with Crippen molar-refractivity contribution >= 4 is 11.9 Å². The maximum Gasteiger partial charge on any atom is 0.416 e. The Morgan fingerprint density at radius 3 is 2.67 bits per heavy atom. The number of carbonyl (C=O) groups excluding carboxylic acids is 1. The second-order valence-electron chi connectivity index (χ2n) is 6.28. The van der Waals surface area contributed by atoms with Crippen molar-refractivity contribution in [3.05, 3.63) is 35.4 Å². The van der Waals surface area contributed by atoms with Gasteiger partial charge in [-0.05, 0) is 11.6 Å². The number of carboxylic acids is 1. The van der Waals surface area contributed by atoms with Gasteiger partial charge in [0.05, 0.1) is 25.2 Å². The molecule has 0 saturated carbocycles. The monoisotopic (exact) mass is 343 g/mol. The number of alkyl halides is 3. The zero-order valence-electron chi connectivity index (χ0n) is 12.7. The highest BCUT2D eigenvalue weighted by atomic mass is 19.4. The fourth-order valence-corrected chi connectivity index (χ4v) is 3.45. The molecule has 1 aromatic rings. The largest absolute Gasteiger partial charge is 0.481 e. The van der Waals surface area contributed by atoms with Gasteiger partial charge in [-0.15, -0.1) is 0 Å². The number of likely N-dealkylation sites (tertiary alicyclic amines) is 1. The molecule has 1 N–H and O–H groups in total. The molecule has 24 heavy (non-hydrogen) atoms. The Morgan fingerprint density at radius 1 is 1.33 bits per heavy atom. The minimum absolute atomic E-state index is 0.0237. The van der Waals surface area contributed by atoms with E-state index >= 15 is 0 Å². The van der Waals surface area contributed by atoms with Gasteiger partial charge in [-0.1, -0.05) is 18.2 Å². The van der Waals surface area contributed by atoms with Gasteiger partial charge in [0.15, 0.2) is 0 Å². The first-order valence-electron chi connectivity index (χ1n) is 7.48. The molecule has 2 aliphatic heterocycles. The number of carboxylic acid groups (broad SMARTS) is 1. The highest BCUT2D eigenvalue weighted by Gasteiger charge is 2.57. The van der Waals surface area contributed by atoms with E-state index in [-0.39, 0.29) is 37.8 Å². The van der Waals surface area contributed by atoms with Crippen molar-refractivity contribution in [3.8, 4) is 0 Å². The van der Waals surface area contributed by atoms with Crippen LogP contribution in [0.15, 0.2) is 24.3 Å². The lowest BCUT2D eigenvalue weighted by Gasteiger charge is -2.22. The zero-order chi connectivity index (χ0) is 17.5. The molecule has 0 unspecified atom stereocenters. The highest BCUT2D eigenvalue weighted by molar-refractivity contribution is 5.83. The molecule has 5 nitrogen and oxygen atoms in total. The Bertz CT molecular complexity index is 676. The Kier molecular flexibility index (Phi) is 4.03.